The number of aromatic nitrogens is 3. The topological polar surface area (TPSA) is 22.8 Å². The Kier molecular flexibility index (Phi) is 2.85. The Morgan fingerprint density at radius 1 is 1.21 bits per heavy atom. The van der Waals surface area contributed by atoms with Crippen molar-refractivity contribution in [1.29, 1.82) is 0 Å². The van der Waals surface area contributed by atoms with E-state index in [1.165, 1.54) is 6.07 Å². The van der Waals surface area contributed by atoms with Crippen LogP contribution >= 0.6 is 0 Å². The van der Waals surface area contributed by atoms with Crippen LogP contribution in [0.1, 0.15) is 18.3 Å². The minimum atomic E-state index is -0.202. The van der Waals surface area contributed by atoms with Crippen molar-refractivity contribution >= 4 is 10.9 Å². The second kappa shape index (κ2) is 4.53. The van der Waals surface area contributed by atoms with E-state index in [4.69, 9.17) is 0 Å². The van der Waals surface area contributed by atoms with E-state index in [1.807, 2.05) is 30.1 Å². The minimum absolute atomic E-state index is 0.202. The zero-order valence-corrected chi connectivity index (χ0v) is 11.1. The van der Waals surface area contributed by atoms with Crippen LogP contribution in [0.2, 0.25) is 0 Å². The molecule has 0 N–H and O–H groups in total. The fraction of sp³-hybridized carbons (Fsp3) is 0.267. The van der Waals surface area contributed by atoms with Crippen LogP contribution < -0.4 is 0 Å². The molecule has 98 valence electrons. The molecule has 4 heteroatoms. The Morgan fingerprint density at radius 3 is 2.79 bits per heavy atom. The van der Waals surface area contributed by atoms with Crippen molar-refractivity contribution < 1.29 is 4.39 Å². The fourth-order valence-corrected chi connectivity index (χ4v) is 2.36. The summed E-state index contributed by atoms with van der Waals surface area (Å²) in [6, 6.07) is 8.98. The number of halogens is 1. The molecule has 3 rings (SSSR count). The second-order valence-electron chi connectivity index (χ2n) is 4.75. The molecule has 0 aliphatic rings. The molecule has 0 saturated carbocycles. The van der Waals surface area contributed by atoms with Gasteiger partial charge in [0.1, 0.15) is 5.82 Å². The van der Waals surface area contributed by atoms with Crippen molar-refractivity contribution in [2.24, 2.45) is 7.05 Å². The molecule has 0 fully saturated rings. The molecule has 0 spiro atoms. The zero-order valence-electron chi connectivity index (χ0n) is 11.1. The molecule has 0 radical (unpaired) electrons. The van der Waals surface area contributed by atoms with Crippen LogP contribution in [0, 0.1) is 5.82 Å². The first kappa shape index (κ1) is 12.0. The van der Waals surface area contributed by atoms with Gasteiger partial charge in [-0.2, -0.15) is 5.10 Å². The number of hydrogen-bond donors (Lipinski definition) is 0. The summed E-state index contributed by atoms with van der Waals surface area (Å²) >= 11 is 0. The van der Waals surface area contributed by atoms with Crippen LogP contribution in [0.4, 0.5) is 4.39 Å². The lowest BCUT2D eigenvalue weighted by molar-refractivity contribution is 0.627. The summed E-state index contributed by atoms with van der Waals surface area (Å²) in [7, 11) is 1.95. The Bertz CT molecular complexity index is 724. The van der Waals surface area contributed by atoms with Crippen molar-refractivity contribution in [2.75, 3.05) is 0 Å². The Morgan fingerprint density at radius 2 is 2.05 bits per heavy atom. The molecule has 0 aliphatic carbocycles. The summed E-state index contributed by atoms with van der Waals surface area (Å²) in [4.78, 5) is 0. The summed E-state index contributed by atoms with van der Waals surface area (Å²) in [6.45, 7) is 2.79. The molecule has 3 nitrogen and oxygen atoms in total. The van der Waals surface area contributed by atoms with Crippen molar-refractivity contribution in [3.8, 4) is 0 Å². The average Bonchev–Trinajstić information content (AvgIpc) is 2.95. The van der Waals surface area contributed by atoms with Crippen LogP contribution in [-0.4, -0.2) is 14.3 Å². The van der Waals surface area contributed by atoms with Crippen molar-refractivity contribution in [3.05, 3.63) is 53.7 Å². The third-order valence-electron chi connectivity index (χ3n) is 3.46. The van der Waals surface area contributed by atoms with Crippen LogP contribution in [0.15, 0.2) is 36.5 Å². The molecule has 2 aromatic heterocycles. The molecule has 3 aromatic rings. The van der Waals surface area contributed by atoms with Gasteiger partial charge < -0.3 is 4.57 Å². The molecule has 0 saturated heterocycles. The van der Waals surface area contributed by atoms with E-state index in [-0.39, 0.29) is 5.82 Å². The average molecular weight is 257 g/mol. The summed E-state index contributed by atoms with van der Waals surface area (Å²) in [5, 5.41) is 5.49. The third-order valence-corrected chi connectivity index (χ3v) is 3.46. The lowest BCUT2D eigenvalue weighted by Crippen LogP contribution is -2.04. The van der Waals surface area contributed by atoms with E-state index < -0.39 is 0 Å². The van der Waals surface area contributed by atoms with Gasteiger partial charge in [-0.05, 0) is 42.1 Å². The third kappa shape index (κ3) is 2.14. The van der Waals surface area contributed by atoms with Gasteiger partial charge in [-0.15, -0.1) is 0 Å². The van der Waals surface area contributed by atoms with Crippen LogP contribution in [0.25, 0.3) is 10.9 Å². The molecule has 0 bridgehead atoms. The van der Waals surface area contributed by atoms with Gasteiger partial charge in [-0.25, -0.2) is 4.39 Å². The molecular formula is C15H16FN3. The smallest absolute Gasteiger partial charge is 0.125 e. The second-order valence-corrected chi connectivity index (χ2v) is 4.75. The van der Waals surface area contributed by atoms with Crippen molar-refractivity contribution in [1.82, 2.24) is 14.3 Å². The first-order valence-electron chi connectivity index (χ1n) is 6.43. The van der Waals surface area contributed by atoms with E-state index in [2.05, 4.69) is 22.7 Å². The van der Waals surface area contributed by atoms with Gasteiger partial charge in [-0.3, -0.25) is 4.68 Å². The standard InChI is InChI=1S/C15H16FN3/c1-3-13-9-14(18(2)17-13)10-19-7-6-11-4-5-12(16)8-15(11)19/h4-9H,3,10H2,1-2H3. The SMILES string of the molecule is CCc1cc(Cn2ccc3ccc(F)cc32)n(C)n1. The van der Waals surface area contributed by atoms with Gasteiger partial charge in [0.2, 0.25) is 0 Å². The zero-order chi connectivity index (χ0) is 13.4. The number of fused-ring (bicyclic) bond motifs is 1. The van der Waals surface area contributed by atoms with Crippen LogP contribution in [-0.2, 0) is 20.0 Å². The van der Waals surface area contributed by atoms with E-state index in [0.717, 1.165) is 28.7 Å². The Hall–Kier alpha value is -2.10. The quantitative estimate of drug-likeness (QED) is 0.707. The molecule has 0 amide bonds. The largest absolute Gasteiger partial charge is 0.341 e. The van der Waals surface area contributed by atoms with E-state index in [9.17, 15) is 4.39 Å². The molecule has 0 atom stereocenters. The summed E-state index contributed by atoms with van der Waals surface area (Å²) in [5.74, 6) is -0.202. The first-order chi connectivity index (χ1) is 9.17. The lowest BCUT2D eigenvalue weighted by Gasteiger charge is -2.05. The molecule has 0 unspecified atom stereocenters. The highest BCUT2D eigenvalue weighted by atomic mass is 19.1. The highest BCUT2D eigenvalue weighted by molar-refractivity contribution is 5.80. The van der Waals surface area contributed by atoms with Gasteiger partial charge in [0, 0.05) is 13.2 Å². The predicted octanol–water partition coefficient (Wildman–Crippen LogP) is 3.12. The number of aryl methyl sites for hydroxylation is 2. The molecule has 19 heavy (non-hydrogen) atoms. The first-order valence-corrected chi connectivity index (χ1v) is 6.43. The number of rotatable bonds is 3. The highest BCUT2D eigenvalue weighted by Crippen LogP contribution is 2.18. The number of nitrogens with zero attached hydrogens (tertiary/aromatic N) is 3. The van der Waals surface area contributed by atoms with E-state index in [1.54, 1.807) is 6.07 Å². The Labute approximate surface area is 111 Å². The van der Waals surface area contributed by atoms with Gasteiger partial charge in [0.25, 0.3) is 0 Å². The molecular weight excluding hydrogens is 241 g/mol. The lowest BCUT2D eigenvalue weighted by atomic mass is 10.2. The van der Waals surface area contributed by atoms with Gasteiger partial charge in [0.15, 0.2) is 0 Å². The van der Waals surface area contributed by atoms with E-state index in [0.29, 0.717) is 6.54 Å². The molecule has 1 aromatic carbocycles. The summed E-state index contributed by atoms with van der Waals surface area (Å²) in [6.07, 6.45) is 2.91. The molecule has 2 heterocycles. The van der Waals surface area contributed by atoms with Crippen molar-refractivity contribution in [3.63, 3.8) is 0 Å². The number of benzene rings is 1. The normalized spacial score (nSPS) is 11.3. The maximum Gasteiger partial charge on any atom is 0.125 e. The van der Waals surface area contributed by atoms with Gasteiger partial charge in [0.05, 0.1) is 23.4 Å². The fourth-order valence-electron chi connectivity index (χ4n) is 2.36. The Balaban J connectivity index is 2.00. The highest BCUT2D eigenvalue weighted by Gasteiger charge is 2.07. The van der Waals surface area contributed by atoms with Crippen LogP contribution in [0.5, 0.6) is 0 Å². The van der Waals surface area contributed by atoms with Gasteiger partial charge in [-0.1, -0.05) is 6.92 Å². The molecule has 0 aliphatic heterocycles. The predicted molar refractivity (Wildman–Crippen MR) is 73.6 cm³/mol. The maximum atomic E-state index is 13.3. The summed E-state index contributed by atoms with van der Waals surface area (Å²) in [5.41, 5.74) is 3.12. The maximum absolute atomic E-state index is 13.3. The van der Waals surface area contributed by atoms with Crippen molar-refractivity contribution in [2.45, 2.75) is 19.9 Å². The number of hydrogen-bond acceptors (Lipinski definition) is 1. The minimum Gasteiger partial charge on any atom is -0.341 e. The van der Waals surface area contributed by atoms with Gasteiger partial charge >= 0.3 is 0 Å². The van der Waals surface area contributed by atoms with Crippen LogP contribution in [0.3, 0.4) is 0 Å². The van der Waals surface area contributed by atoms with E-state index >= 15 is 0 Å². The summed E-state index contributed by atoms with van der Waals surface area (Å²) < 4.78 is 17.3. The monoisotopic (exact) mass is 257 g/mol.